The van der Waals surface area contributed by atoms with Crippen LogP contribution in [-0.2, 0) is 18.7 Å². The number of halogens is 1. The number of rotatable bonds is 8. The maximum atomic E-state index is 14.9. The first-order valence-electron chi connectivity index (χ1n) is 11.2. The summed E-state index contributed by atoms with van der Waals surface area (Å²) in [5.41, 5.74) is 0. The van der Waals surface area contributed by atoms with Gasteiger partial charge in [0.25, 0.3) is 8.32 Å². The summed E-state index contributed by atoms with van der Waals surface area (Å²) in [6, 6.07) is 19.7. The van der Waals surface area contributed by atoms with E-state index in [2.05, 4.69) is 20.8 Å². The van der Waals surface area contributed by atoms with Crippen LogP contribution in [0, 0.1) is 0 Å². The quantitative estimate of drug-likeness (QED) is 0.449. The molecule has 1 aliphatic rings. The number of hydrogen-bond acceptors (Lipinski definition) is 6. The molecule has 3 rings (SSSR count). The first kappa shape index (κ1) is 25.5. The summed E-state index contributed by atoms with van der Waals surface area (Å²) in [5.74, 6) is -4.00. The molecule has 1 unspecified atom stereocenters. The average molecular weight is 477 g/mol. The summed E-state index contributed by atoms with van der Waals surface area (Å²) in [5, 5.41) is 23.0. The second kappa shape index (κ2) is 10.0. The molecular weight excluding hydrogens is 443 g/mol. The Kier molecular flexibility index (Phi) is 7.75. The van der Waals surface area contributed by atoms with Crippen LogP contribution in [0.25, 0.3) is 0 Å². The van der Waals surface area contributed by atoms with E-state index in [0.717, 1.165) is 10.4 Å². The SMILES string of the molecule is CCOC(=O)[C@]1(F)C[C@@H](O)[C@@H](C(O)CO[Si](c2ccccc2)(c2ccccc2)C(C)(C)C)O1. The lowest BCUT2D eigenvalue weighted by Crippen LogP contribution is -2.67. The van der Waals surface area contributed by atoms with E-state index in [1.54, 1.807) is 6.92 Å². The van der Waals surface area contributed by atoms with Crippen molar-refractivity contribution >= 4 is 24.7 Å². The molecule has 8 heteroatoms. The van der Waals surface area contributed by atoms with Crippen LogP contribution in [0.2, 0.25) is 5.04 Å². The standard InChI is InChI=1S/C25H33FO6Si/c1-5-30-23(29)25(26)16-20(27)22(32-25)21(28)17-31-33(24(2,3)4,18-12-8-6-9-13-18)19-14-10-7-11-15-19/h6-15,20-22,27-28H,5,16-17H2,1-4H3/t20-,21?,22+,25+/m1/s1. The monoisotopic (exact) mass is 476 g/mol. The molecule has 2 aromatic carbocycles. The second-order valence-corrected chi connectivity index (χ2v) is 13.7. The van der Waals surface area contributed by atoms with Crippen LogP contribution >= 0.6 is 0 Å². The van der Waals surface area contributed by atoms with Crippen LogP contribution in [0.3, 0.4) is 0 Å². The first-order valence-corrected chi connectivity index (χ1v) is 13.1. The number of ether oxygens (including phenoxy) is 2. The lowest BCUT2D eigenvalue weighted by atomic mass is 10.1. The zero-order valence-corrected chi connectivity index (χ0v) is 20.5. The van der Waals surface area contributed by atoms with Gasteiger partial charge in [0.1, 0.15) is 12.2 Å². The molecule has 6 nitrogen and oxygen atoms in total. The third-order valence-electron chi connectivity index (χ3n) is 6.02. The number of alkyl halides is 1. The van der Waals surface area contributed by atoms with Gasteiger partial charge in [0.2, 0.25) is 0 Å². The van der Waals surface area contributed by atoms with Crippen molar-refractivity contribution in [2.24, 2.45) is 0 Å². The van der Waals surface area contributed by atoms with Crippen molar-refractivity contribution in [1.29, 1.82) is 0 Å². The van der Waals surface area contributed by atoms with Gasteiger partial charge in [-0.1, -0.05) is 81.4 Å². The molecule has 0 spiro atoms. The van der Waals surface area contributed by atoms with Gasteiger partial charge >= 0.3 is 11.8 Å². The fraction of sp³-hybridized carbons (Fsp3) is 0.480. The summed E-state index contributed by atoms with van der Waals surface area (Å²) in [7, 11) is -2.94. The van der Waals surface area contributed by atoms with E-state index in [-0.39, 0.29) is 18.3 Å². The molecule has 0 amide bonds. The van der Waals surface area contributed by atoms with Crippen molar-refractivity contribution < 1.29 is 33.3 Å². The lowest BCUT2D eigenvalue weighted by molar-refractivity contribution is -0.205. The van der Waals surface area contributed by atoms with Crippen molar-refractivity contribution in [1.82, 2.24) is 0 Å². The molecular formula is C25H33FO6Si. The Morgan fingerprint density at radius 3 is 2.12 bits per heavy atom. The molecule has 2 aromatic rings. The Labute approximate surface area is 195 Å². The van der Waals surface area contributed by atoms with Crippen LogP contribution in [-0.4, -0.2) is 61.9 Å². The number of carbonyl (C=O) groups excluding carboxylic acids is 1. The van der Waals surface area contributed by atoms with E-state index in [1.807, 2.05) is 60.7 Å². The van der Waals surface area contributed by atoms with Crippen molar-refractivity contribution in [3.05, 3.63) is 60.7 Å². The van der Waals surface area contributed by atoms with E-state index in [9.17, 15) is 19.4 Å². The minimum atomic E-state index is -2.94. The molecule has 0 saturated carbocycles. The van der Waals surface area contributed by atoms with Gasteiger partial charge in [0.05, 0.1) is 19.3 Å². The summed E-state index contributed by atoms with van der Waals surface area (Å²) in [4.78, 5) is 12.0. The molecule has 180 valence electrons. The van der Waals surface area contributed by atoms with Crippen LogP contribution in [0.15, 0.2) is 60.7 Å². The Hall–Kier alpha value is -2.10. The topological polar surface area (TPSA) is 85.2 Å². The first-order chi connectivity index (χ1) is 15.5. The zero-order chi connectivity index (χ0) is 24.3. The van der Waals surface area contributed by atoms with Crippen molar-refractivity contribution in [3.63, 3.8) is 0 Å². The Balaban J connectivity index is 1.90. The highest BCUT2D eigenvalue weighted by molar-refractivity contribution is 6.99. The smallest absolute Gasteiger partial charge is 0.372 e. The van der Waals surface area contributed by atoms with Gasteiger partial charge in [0.15, 0.2) is 0 Å². The van der Waals surface area contributed by atoms with Crippen molar-refractivity contribution in [2.45, 2.75) is 63.3 Å². The number of aliphatic hydroxyl groups excluding tert-OH is 2. The summed E-state index contributed by atoms with van der Waals surface area (Å²) in [6.45, 7) is 7.62. The molecule has 0 aliphatic carbocycles. The fourth-order valence-electron chi connectivity index (χ4n) is 4.50. The molecule has 2 N–H and O–H groups in total. The van der Waals surface area contributed by atoms with Crippen LogP contribution < -0.4 is 10.4 Å². The predicted octanol–water partition coefficient (Wildman–Crippen LogP) is 2.30. The molecule has 0 radical (unpaired) electrons. The summed E-state index contributed by atoms with van der Waals surface area (Å²) in [6.07, 6.45) is -4.66. The summed E-state index contributed by atoms with van der Waals surface area (Å²) >= 11 is 0. The highest BCUT2D eigenvalue weighted by Gasteiger charge is 2.56. The van der Waals surface area contributed by atoms with E-state index in [0.29, 0.717) is 0 Å². The van der Waals surface area contributed by atoms with Crippen LogP contribution in [0.1, 0.15) is 34.1 Å². The van der Waals surface area contributed by atoms with Gasteiger partial charge < -0.3 is 24.1 Å². The van der Waals surface area contributed by atoms with Gasteiger partial charge in [0, 0.05) is 6.42 Å². The Morgan fingerprint density at radius 1 is 1.15 bits per heavy atom. The van der Waals surface area contributed by atoms with Gasteiger partial charge in [-0.05, 0) is 22.3 Å². The normalized spacial score (nSPS) is 24.5. The molecule has 1 heterocycles. The molecule has 1 aliphatic heterocycles. The minimum Gasteiger partial charge on any atom is -0.462 e. The van der Waals surface area contributed by atoms with Gasteiger partial charge in [-0.2, -0.15) is 4.39 Å². The average Bonchev–Trinajstić information content (AvgIpc) is 3.10. The molecule has 0 bridgehead atoms. The number of benzene rings is 2. The number of carbonyl (C=O) groups is 1. The third kappa shape index (κ3) is 5.05. The lowest BCUT2D eigenvalue weighted by Gasteiger charge is -2.43. The largest absolute Gasteiger partial charge is 0.462 e. The van der Waals surface area contributed by atoms with E-state index < -0.39 is 44.9 Å². The molecule has 33 heavy (non-hydrogen) atoms. The zero-order valence-electron chi connectivity index (χ0n) is 19.5. The van der Waals surface area contributed by atoms with E-state index in [1.165, 1.54) is 0 Å². The van der Waals surface area contributed by atoms with Crippen LogP contribution in [0.5, 0.6) is 0 Å². The number of esters is 1. The maximum Gasteiger partial charge on any atom is 0.372 e. The van der Waals surface area contributed by atoms with E-state index >= 15 is 0 Å². The molecule has 0 aromatic heterocycles. The Bertz CT molecular complexity index is 880. The second-order valence-electron chi connectivity index (χ2n) is 9.34. The highest BCUT2D eigenvalue weighted by Crippen LogP contribution is 2.38. The van der Waals surface area contributed by atoms with Crippen LogP contribution in [0.4, 0.5) is 4.39 Å². The van der Waals surface area contributed by atoms with Gasteiger partial charge in [-0.15, -0.1) is 0 Å². The summed E-state index contributed by atoms with van der Waals surface area (Å²) < 4.78 is 31.5. The third-order valence-corrected chi connectivity index (χ3v) is 11.0. The fourth-order valence-corrected chi connectivity index (χ4v) is 9.08. The predicted molar refractivity (Wildman–Crippen MR) is 126 cm³/mol. The molecule has 4 atom stereocenters. The van der Waals surface area contributed by atoms with Crippen molar-refractivity contribution in [2.75, 3.05) is 13.2 Å². The number of hydrogen-bond donors (Lipinski definition) is 2. The Morgan fingerprint density at radius 2 is 1.67 bits per heavy atom. The molecule has 1 fully saturated rings. The van der Waals surface area contributed by atoms with Gasteiger partial charge in [-0.3, -0.25) is 0 Å². The minimum absolute atomic E-state index is 0.0197. The van der Waals surface area contributed by atoms with Crippen molar-refractivity contribution in [3.8, 4) is 0 Å². The van der Waals surface area contributed by atoms with Gasteiger partial charge in [-0.25, -0.2) is 4.79 Å². The highest BCUT2D eigenvalue weighted by atomic mass is 28.4. The van der Waals surface area contributed by atoms with E-state index in [4.69, 9.17) is 13.9 Å². The number of aliphatic hydroxyl groups is 2. The molecule has 1 saturated heterocycles. The maximum absolute atomic E-state index is 14.9.